The van der Waals surface area contributed by atoms with Crippen LogP contribution >= 0.6 is 0 Å². The molecule has 11 nitrogen and oxygen atoms in total. The van der Waals surface area contributed by atoms with Crippen molar-refractivity contribution in [3.63, 3.8) is 0 Å². The molecule has 0 saturated carbocycles. The van der Waals surface area contributed by atoms with Crippen LogP contribution in [0.2, 0.25) is 0 Å². The number of nitrogens with zero attached hydrogens (tertiary/aromatic N) is 5. The van der Waals surface area contributed by atoms with Crippen LogP contribution in [0, 0.1) is 6.92 Å². The molecule has 1 aromatic heterocycles. The summed E-state index contributed by atoms with van der Waals surface area (Å²) in [4.78, 5) is 52.0. The lowest BCUT2D eigenvalue weighted by atomic mass is 10.1. The summed E-state index contributed by atoms with van der Waals surface area (Å²) in [6.45, 7) is 8.19. The Balaban J connectivity index is 1.35. The summed E-state index contributed by atoms with van der Waals surface area (Å²) in [6.07, 6.45) is -0.848. The second-order valence-corrected chi connectivity index (χ2v) is 12.4. The molecule has 2 heterocycles. The van der Waals surface area contributed by atoms with Crippen molar-refractivity contribution in [3.8, 4) is 0 Å². The second-order valence-electron chi connectivity index (χ2n) is 12.4. The molecule has 1 aliphatic rings. The van der Waals surface area contributed by atoms with Crippen LogP contribution in [0.15, 0.2) is 91.0 Å². The van der Waals surface area contributed by atoms with Gasteiger partial charge in [-0.25, -0.2) is 9.59 Å². The minimum absolute atomic E-state index is 0.0347. The van der Waals surface area contributed by atoms with Gasteiger partial charge in [0.1, 0.15) is 13.2 Å². The Kier molecular flexibility index (Phi) is 13.6. The lowest BCUT2D eigenvalue weighted by Crippen LogP contribution is -2.49. The number of esters is 1. The van der Waals surface area contributed by atoms with Gasteiger partial charge in [-0.05, 0) is 43.2 Å². The van der Waals surface area contributed by atoms with E-state index in [0.717, 1.165) is 27.7 Å². The molecule has 50 heavy (non-hydrogen) atoms. The van der Waals surface area contributed by atoms with Crippen molar-refractivity contribution < 1.29 is 28.6 Å². The van der Waals surface area contributed by atoms with Gasteiger partial charge in [0.05, 0.1) is 24.4 Å². The molecule has 264 valence electrons. The average molecular weight is 682 g/mol. The predicted molar refractivity (Wildman–Crippen MR) is 191 cm³/mol. The molecule has 0 atom stereocenters. The van der Waals surface area contributed by atoms with Gasteiger partial charge in [-0.2, -0.15) is 0 Å². The van der Waals surface area contributed by atoms with Gasteiger partial charge in [-0.1, -0.05) is 78.4 Å². The summed E-state index contributed by atoms with van der Waals surface area (Å²) in [5.74, 6) is -0.361. The molecule has 3 aromatic carbocycles. The Labute approximate surface area is 294 Å². The van der Waals surface area contributed by atoms with E-state index in [-0.39, 0.29) is 32.3 Å². The summed E-state index contributed by atoms with van der Waals surface area (Å²) in [5, 5.41) is 1.08. The topological polar surface area (TPSA) is 105 Å². The van der Waals surface area contributed by atoms with E-state index < -0.39 is 12.2 Å². The summed E-state index contributed by atoms with van der Waals surface area (Å²) >= 11 is 0. The normalized spacial score (nSPS) is 15.2. The monoisotopic (exact) mass is 681 g/mol. The molecule has 11 heteroatoms. The van der Waals surface area contributed by atoms with Crippen LogP contribution in [0.25, 0.3) is 10.9 Å². The first-order valence-electron chi connectivity index (χ1n) is 17.2. The standard InChI is InChI=1S/C39H47N5O6/c1-3-48-37(45)28-42-20-24-43(38(46)49-29-32-10-6-4-7-11-32)22-18-41(27-35-16-15-34-26-31(2)14-17-36(34)40-35)19-23-44(25-21-42)39(47)50-30-33-12-8-5-9-13-33/h4-17,26H,3,18-25,27-30H2,1-2H3. The van der Waals surface area contributed by atoms with Crippen LogP contribution in [0.3, 0.4) is 0 Å². The first-order chi connectivity index (χ1) is 24.4. The number of aryl methyl sites for hydroxylation is 1. The molecule has 2 amide bonds. The van der Waals surface area contributed by atoms with Crippen LogP contribution in [-0.2, 0) is 38.8 Å². The molecule has 0 spiro atoms. The third kappa shape index (κ3) is 11.3. The fraction of sp³-hybridized carbons (Fsp3) is 0.385. The number of carbonyl (C=O) groups is 3. The van der Waals surface area contributed by atoms with E-state index in [1.807, 2.05) is 77.7 Å². The molecular weight excluding hydrogens is 634 g/mol. The minimum atomic E-state index is -0.424. The highest BCUT2D eigenvalue weighted by molar-refractivity contribution is 5.79. The molecule has 0 N–H and O–H groups in total. The molecule has 4 aromatic rings. The fourth-order valence-electron chi connectivity index (χ4n) is 5.79. The number of pyridine rings is 1. The van der Waals surface area contributed by atoms with Gasteiger partial charge < -0.3 is 24.0 Å². The number of ether oxygens (including phenoxy) is 3. The van der Waals surface area contributed by atoms with E-state index in [1.165, 1.54) is 5.56 Å². The van der Waals surface area contributed by atoms with Gasteiger partial charge >= 0.3 is 18.2 Å². The Morgan fingerprint density at radius 3 is 1.72 bits per heavy atom. The van der Waals surface area contributed by atoms with Crippen molar-refractivity contribution in [2.75, 3.05) is 65.5 Å². The molecular formula is C39H47N5O6. The number of hydrogen-bond acceptors (Lipinski definition) is 9. The maximum absolute atomic E-state index is 13.5. The fourth-order valence-corrected chi connectivity index (χ4v) is 5.79. The SMILES string of the molecule is CCOC(=O)CN1CCN(C(=O)OCc2ccccc2)CCN(Cc2ccc3cc(C)ccc3n2)CCN(C(=O)OCc2ccccc2)CC1. The van der Waals surface area contributed by atoms with Crippen molar-refractivity contribution in [1.82, 2.24) is 24.6 Å². The van der Waals surface area contributed by atoms with Crippen molar-refractivity contribution in [2.24, 2.45) is 0 Å². The second kappa shape index (κ2) is 18.7. The van der Waals surface area contributed by atoms with Crippen LogP contribution in [0.1, 0.15) is 29.3 Å². The van der Waals surface area contributed by atoms with Gasteiger partial charge in [0.15, 0.2) is 0 Å². The first kappa shape index (κ1) is 36.3. The lowest BCUT2D eigenvalue weighted by molar-refractivity contribution is -0.144. The van der Waals surface area contributed by atoms with Gasteiger partial charge in [-0.15, -0.1) is 0 Å². The van der Waals surface area contributed by atoms with Gasteiger partial charge in [-0.3, -0.25) is 19.6 Å². The Morgan fingerprint density at radius 1 is 0.640 bits per heavy atom. The molecule has 0 aliphatic carbocycles. The highest BCUT2D eigenvalue weighted by Crippen LogP contribution is 2.16. The van der Waals surface area contributed by atoms with Gasteiger partial charge in [0.2, 0.25) is 0 Å². The molecule has 1 saturated heterocycles. The molecule has 0 radical (unpaired) electrons. The lowest BCUT2D eigenvalue weighted by Gasteiger charge is -2.33. The summed E-state index contributed by atoms with van der Waals surface area (Å²) in [7, 11) is 0. The molecule has 0 bridgehead atoms. The Morgan fingerprint density at radius 2 is 1.18 bits per heavy atom. The molecule has 1 aliphatic heterocycles. The van der Waals surface area contributed by atoms with Crippen molar-refractivity contribution in [3.05, 3.63) is 113 Å². The van der Waals surface area contributed by atoms with Crippen molar-refractivity contribution in [2.45, 2.75) is 33.6 Å². The number of aromatic nitrogens is 1. The number of hydrogen-bond donors (Lipinski definition) is 0. The Hall–Kier alpha value is -5.00. The first-order valence-corrected chi connectivity index (χ1v) is 17.2. The van der Waals surface area contributed by atoms with E-state index in [0.29, 0.717) is 58.9 Å². The number of amides is 2. The quantitative estimate of drug-likeness (QED) is 0.167. The zero-order valence-electron chi connectivity index (χ0n) is 29.0. The third-order valence-corrected chi connectivity index (χ3v) is 8.62. The van der Waals surface area contributed by atoms with Crippen molar-refractivity contribution in [1.29, 1.82) is 0 Å². The smallest absolute Gasteiger partial charge is 0.410 e. The van der Waals surface area contributed by atoms with Gasteiger partial charge in [0.25, 0.3) is 0 Å². The summed E-state index contributed by atoms with van der Waals surface area (Å²) in [6, 6.07) is 29.5. The highest BCUT2D eigenvalue weighted by atomic mass is 16.6. The van der Waals surface area contributed by atoms with Crippen LogP contribution in [0.5, 0.6) is 0 Å². The third-order valence-electron chi connectivity index (χ3n) is 8.62. The van der Waals surface area contributed by atoms with E-state index in [1.54, 1.807) is 16.7 Å². The molecule has 5 rings (SSSR count). The summed E-state index contributed by atoms with van der Waals surface area (Å²) in [5.41, 5.74) is 4.79. The summed E-state index contributed by atoms with van der Waals surface area (Å²) < 4.78 is 16.7. The molecule has 0 unspecified atom stereocenters. The average Bonchev–Trinajstić information content (AvgIpc) is 3.12. The largest absolute Gasteiger partial charge is 0.465 e. The van der Waals surface area contributed by atoms with E-state index in [4.69, 9.17) is 19.2 Å². The van der Waals surface area contributed by atoms with Crippen LogP contribution in [-0.4, -0.2) is 108 Å². The zero-order chi connectivity index (χ0) is 35.1. The number of rotatable bonds is 9. The van der Waals surface area contributed by atoms with E-state index in [9.17, 15) is 14.4 Å². The minimum Gasteiger partial charge on any atom is -0.465 e. The maximum Gasteiger partial charge on any atom is 0.410 e. The zero-order valence-corrected chi connectivity index (χ0v) is 29.0. The van der Waals surface area contributed by atoms with E-state index in [2.05, 4.69) is 30.0 Å². The highest BCUT2D eigenvalue weighted by Gasteiger charge is 2.24. The van der Waals surface area contributed by atoms with Crippen molar-refractivity contribution >= 4 is 29.1 Å². The van der Waals surface area contributed by atoms with E-state index >= 15 is 0 Å². The number of carbonyl (C=O) groups excluding carboxylic acids is 3. The number of benzene rings is 3. The van der Waals surface area contributed by atoms with Gasteiger partial charge in [0, 0.05) is 64.3 Å². The predicted octanol–water partition coefficient (Wildman–Crippen LogP) is 5.50. The molecule has 1 fully saturated rings. The Bertz CT molecular complexity index is 1620. The van der Waals surface area contributed by atoms with Crippen LogP contribution in [0.4, 0.5) is 9.59 Å². The maximum atomic E-state index is 13.5. The number of fused-ring (bicyclic) bond motifs is 1. The van der Waals surface area contributed by atoms with Crippen LogP contribution < -0.4 is 0 Å².